The standard InChI is InChI=1S/C20H13ClF4N4O3S/c21-12-5-1-2-6-15(12)32-18-13(22)7-8-16-17(18)28-19(29-33(16,30)31)27-10-14-11(20(23,24)25)4-3-9-26-14/h1-9H,10H2,(H2,27,28,29). The summed E-state index contributed by atoms with van der Waals surface area (Å²) in [6.45, 7) is -0.605. The maximum absolute atomic E-state index is 14.6. The van der Waals surface area contributed by atoms with Crippen molar-refractivity contribution in [1.29, 1.82) is 0 Å². The third-order valence-electron chi connectivity index (χ3n) is 4.47. The largest absolute Gasteiger partial charge is 0.450 e. The number of ether oxygens (including phenoxy) is 1. The van der Waals surface area contributed by atoms with E-state index in [1.54, 1.807) is 12.1 Å². The monoisotopic (exact) mass is 500 g/mol. The lowest BCUT2D eigenvalue weighted by atomic mass is 10.2. The number of alkyl halides is 3. The minimum atomic E-state index is -4.67. The van der Waals surface area contributed by atoms with Gasteiger partial charge < -0.3 is 10.1 Å². The first-order valence-corrected chi connectivity index (χ1v) is 11.0. The molecule has 0 atom stereocenters. The van der Waals surface area contributed by atoms with Crippen molar-refractivity contribution in [2.45, 2.75) is 17.6 Å². The summed E-state index contributed by atoms with van der Waals surface area (Å²) in [6.07, 6.45) is -3.52. The van der Waals surface area contributed by atoms with E-state index in [0.717, 1.165) is 30.5 Å². The molecule has 0 amide bonds. The number of nitrogens with zero attached hydrogens (tertiary/aromatic N) is 2. The highest BCUT2D eigenvalue weighted by atomic mass is 35.5. The Hall–Kier alpha value is -3.38. The normalized spacial score (nSPS) is 16.0. The van der Waals surface area contributed by atoms with Crippen LogP contribution in [-0.2, 0) is 22.7 Å². The van der Waals surface area contributed by atoms with E-state index < -0.39 is 51.5 Å². The molecule has 33 heavy (non-hydrogen) atoms. The third-order valence-corrected chi connectivity index (χ3v) is 6.16. The van der Waals surface area contributed by atoms with Gasteiger partial charge in [-0.15, -0.1) is 0 Å². The minimum absolute atomic E-state index is 0.0611. The second-order valence-electron chi connectivity index (χ2n) is 6.67. The number of hydrogen-bond acceptors (Lipinski definition) is 5. The zero-order valence-electron chi connectivity index (χ0n) is 16.3. The lowest BCUT2D eigenvalue weighted by molar-refractivity contribution is -0.138. The molecule has 7 nitrogen and oxygen atoms in total. The van der Waals surface area contributed by atoms with Gasteiger partial charge in [0.1, 0.15) is 16.3 Å². The van der Waals surface area contributed by atoms with Crippen molar-refractivity contribution in [2.75, 3.05) is 5.32 Å². The minimum Gasteiger partial charge on any atom is -0.450 e. The van der Waals surface area contributed by atoms with E-state index in [4.69, 9.17) is 16.3 Å². The number of aliphatic imine (C=N–C) groups is 1. The Bertz CT molecular complexity index is 1360. The van der Waals surface area contributed by atoms with Gasteiger partial charge in [0.25, 0.3) is 10.0 Å². The zero-order valence-corrected chi connectivity index (χ0v) is 17.9. The van der Waals surface area contributed by atoms with Gasteiger partial charge in [-0.25, -0.2) is 22.5 Å². The van der Waals surface area contributed by atoms with E-state index in [0.29, 0.717) is 0 Å². The third kappa shape index (κ3) is 4.71. The van der Waals surface area contributed by atoms with Crippen LogP contribution in [0, 0.1) is 5.82 Å². The van der Waals surface area contributed by atoms with E-state index in [2.05, 4.69) is 20.0 Å². The predicted octanol–water partition coefficient (Wildman–Crippen LogP) is 4.95. The summed E-state index contributed by atoms with van der Waals surface area (Å²) in [4.78, 5) is 7.19. The fourth-order valence-electron chi connectivity index (χ4n) is 2.99. The highest BCUT2D eigenvalue weighted by Gasteiger charge is 2.34. The number of rotatable bonds is 4. The van der Waals surface area contributed by atoms with Gasteiger partial charge >= 0.3 is 6.18 Å². The first kappa shape index (κ1) is 22.8. The molecule has 1 aromatic heterocycles. The van der Waals surface area contributed by atoms with Crippen LogP contribution in [0.5, 0.6) is 11.5 Å². The van der Waals surface area contributed by atoms with Gasteiger partial charge in [0.2, 0.25) is 5.96 Å². The smallest absolute Gasteiger partial charge is 0.418 e. The highest BCUT2D eigenvalue weighted by Crippen LogP contribution is 2.40. The number of halogens is 5. The molecule has 0 radical (unpaired) electrons. The first-order valence-electron chi connectivity index (χ1n) is 9.16. The van der Waals surface area contributed by atoms with Crippen molar-refractivity contribution in [2.24, 2.45) is 4.99 Å². The van der Waals surface area contributed by atoms with Crippen molar-refractivity contribution in [3.63, 3.8) is 0 Å². The maximum atomic E-state index is 14.6. The Kier molecular flexibility index (Phi) is 5.89. The molecule has 2 N–H and O–H groups in total. The van der Waals surface area contributed by atoms with Gasteiger partial charge in [-0.1, -0.05) is 23.7 Å². The van der Waals surface area contributed by atoms with Crippen LogP contribution in [0.2, 0.25) is 5.02 Å². The number of fused-ring (bicyclic) bond motifs is 1. The van der Waals surface area contributed by atoms with Crippen LogP contribution in [0.15, 0.2) is 64.6 Å². The number of nitrogens with one attached hydrogen (secondary N) is 2. The predicted molar refractivity (Wildman–Crippen MR) is 112 cm³/mol. The number of para-hydroxylation sites is 1. The Labute approximate surface area is 190 Å². The average Bonchev–Trinajstić information content (AvgIpc) is 2.74. The highest BCUT2D eigenvalue weighted by molar-refractivity contribution is 7.90. The average molecular weight is 501 g/mol. The lowest BCUT2D eigenvalue weighted by Gasteiger charge is -2.24. The zero-order chi connectivity index (χ0) is 23.8. The summed E-state index contributed by atoms with van der Waals surface area (Å²) in [7, 11) is -4.24. The Balaban J connectivity index is 1.73. The fourth-order valence-corrected chi connectivity index (χ4v) is 4.31. The molecular formula is C20H13ClF4N4O3S. The molecule has 0 aliphatic carbocycles. The number of anilines is 1. The molecule has 0 bridgehead atoms. The molecule has 0 saturated heterocycles. The van der Waals surface area contributed by atoms with E-state index >= 15 is 0 Å². The number of hydrogen-bond donors (Lipinski definition) is 2. The van der Waals surface area contributed by atoms with Crippen molar-refractivity contribution in [3.05, 3.63) is 76.8 Å². The molecule has 2 aromatic carbocycles. The maximum Gasteiger partial charge on any atom is 0.418 e. The number of pyridine rings is 1. The summed E-state index contributed by atoms with van der Waals surface area (Å²) < 4.78 is 87.1. The van der Waals surface area contributed by atoms with Gasteiger partial charge in [0.15, 0.2) is 11.6 Å². The van der Waals surface area contributed by atoms with Crippen molar-refractivity contribution in [1.82, 2.24) is 9.71 Å². The Morgan fingerprint density at radius 2 is 1.85 bits per heavy atom. The molecule has 1 aliphatic rings. The number of guanidine groups is 1. The summed E-state index contributed by atoms with van der Waals surface area (Å²) in [5.41, 5.74) is -1.72. The fraction of sp³-hybridized carbons (Fsp3) is 0.100. The van der Waals surface area contributed by atoms with Crippen molar-refractivity contribution >= 4 is 33.3 Å². The molecule has 4 rings (SSSR count). The molecule has 3 aromatic rings. The van der Waals surface area contributed by atoms with Crippen LogP contribution >= 0.6 is 11.6 Å². The SMILES string of the molecule is O=S1(=O)NC(=NCc2ncccc2C(F)(F)F)Nc2c1ccc(F)c2Oc1ccccc1Cl. The molecule has 1 aliphatic heterocycles. The second kappa shape index (κ2) is 8.52. The van der Waals surface area contributed by atoms with E-state index in [1.165, 1.54) is 12.1 Å². The van der Waals surface area contributed by atoms with E-state index in [-0.39, 0.29) is 21.4 Å². The quantitative estimate of drug-likeness (QED) is 0.495. The van der Waals surface area contributed by atoms with Gasteiger partial charge in [-0.2, -0.15) is 13.2 Å². The summed E-state index contributed by atoms with van der Waals surface area (Å²) in [5, 5.41) is 2.72. The molecule has 172 valence electrons. The summed E-state index contributed by atoms with van der Waals surface area (Å²) in [6, 6.07) is 10.0. The van der Waals surface area contributed by atoms with E-state index in [9.17, 15) is 26.0 Å². The van der Waals surface area contributed by atoms with Gasteiger partial charge in [0, 0.05) is 6.20 Å². The van der Waals surface area contributed by atoms with E-state index in [1.807, 2.05) is 0 Å². The topological polar surface area (TPSA) is 92.7 Å². The Morgan fingerprint density at radius 1 is 1.09 bits per heavy atom. The number of benzene rings is 2. The van der Waals surface area contributed by atoms with Crippen molar-refractivity contribution < 1.29 is 30.7 Å². The molecule has 0 spiro atoms. The van der Waals surface area contributed by atoms with Crippen LogP contribution in [-0.4, -0.2) is 19.4 Å². The van der Waals surface area contributed by atoms with Crippen LogP contribution in [0.3, 0.4) is 0 Å². The van der Waals surface area contributed by atoms with Crippen LogP contribution in [0.25, 0.3) is 0 Å². The van der Waals surface area contributed by atoms with Gasteiger partial charge in [-0.3, -0.25) is 4.98 Å². The van der Waals surface area contributed by atoms with Crippen LogP contribution in [0.1, 0.15) is 11.3 Å². The van der Waals surface area contributed by atoms with Crippen LogP contribution < -0.4 is 14.8 Å². The van der Waals surface area contributed by atoms with Crippen molar-refractivity contribution in [3.8, 4) is 11.5 Å². The summed E-state index contributed by atoms with van der Waals surface area (Å²) in [5.74, 6) is -1.75. The molecule has 13 heteroatoms. The molecular weight excluding hydrogens is 488 g/mol. The van der Waals surface area contributed by atoms with Gasteiger partial charge in [0.05, 0.1) is 22.8 Å². The Morgan fingerprint density at radius 3 is 2.58 bits per heavy atom. The molecule has 0 unspecified atom stereocenters. The summed E-state index contributed by atoms with van der Waals surface area (Å²) >= 11 is 6.04. The molecule has 0 saturated carbocycles. The molecule has 2 heterocycles. The lowest BCUT2D eigenvalue weighted by Crippen LogP contribution is -2.41. The van der Waals surface area contributed by atoms with Gasteiger partial charge in [-0.05, 0) is 36.4 Å². The number of sulfonamides is 1. The first-order chi connectivity index (χ1) is 15.6. The molecule has 0 fully saturated rings. The van der Waals surface area contributed by atoms with Crippen LogP contribution in [0.4, 0.5) is 23.2 Å². The second-order valence-corrected chi connectivity index (χ2v) is 8.73. The number of aromatic nitrogens is 1.